The first-order chi connectivity index (χ1) is 8.28. The molecule has 1 aromatic heterocycles. The maximum absolute atomic E-state index is 5.60. The molecule has 0 fully saturated rings. The fourth-order valence-electron chi connectivity index (χ4n) is 1.32. The van der Waals surface area contributed by atoms with Crippen LogP contribution in [0.3, 0.4) is 0 Å². The van der Waals surface area contributed by atoms with Crippen LogP contribution in [0.2, 0.25) is 0 Å². The van der Waals surface area contributed by atoms with E-state index >= 15 is 0 Å². The van der Waals surface area contributed by atoms with Gasteiger partial charge >= 0.3 is 0 Å². The van der Waals surface area contributed by atoms with Crippen molar-refractivity contribution >= 4 is 31.9 Å². The summed E-state index contributed by atoms with van der Waals surface area (Å²) in [4.78, 5) is 0. The normalized spacial score (nSPS) is 10.5. The lowest BCUT2D eigenvalue weighted by Crippen LogP contribution is -2.08. The maximum atomic E-state index is 5.60. The van der Waals surface area contributed by atoms with Crippen molar-refractivity contribution in [3.63, 3.8) is 0 Å². The van der Waals surface area contributed by atoms with Crippen LogP contribution in [-0.2, 0) is 11.9 Å². The predicted octanol–water partition coefficient (Wildman–Crippen LogP) is 3.01. The first-order valence-corrected chi connectivity index (χ1v) is 7.03. The SMILES string of the molecule is BrCc1cn(CCOc2cccc(Br)c2)nn1. The Morgan fingerprint density at radius 1 is 1.35 bits per heavy atom. The van der Waals surface area contributed by atoms with Crippen LogP contribution < -0.4 is 4.74 Å². The van der Waals surface area contributed by atoms with Gasteiger partial charge in [0.15, 0.2) is 0 Å². The summed E-state index contributed by atoms with van der Waals surface area (Å²) in [5, 5.41) is 8.68. The summed E-state index contributed by atoms with van der Waals surface area (Å²) in [6.45, 7) is 1.26. The number of hydrogen-bond donors (Lipinski definition) is 0. The van der Waals surface area contributed by atoms with E-state index in [1.54, 1.807) is 4.68 Å². The van der Waals surface area contributed by atoms with E-state index in [0.717, 1.165) is 21.2 Å². The highest BCUT2D eigenvalue weighted by molar-refractivity contribution is 9.10. The van der Waals surface area contributed by atoms with E-state index in [1.807, 2.05) is 30.5 Å². The molecule has 2 aromatic rings. The molecular weight excluding hydrogens is 350 g/mol. The molecule has 90 valence electrons. The quantitative estimate of drug-likeness (QED) is 0.769. The molecule has 1 aromatic carbocycles. The molecule has 0 spiro atoms. The summed E-state index contributed by atoms with van der Waals surface area (Å²) in [5.41, 5.74) is 0.924. The van der Waals surface area contributed by atoms with Gasteiger partial charge in [0.1, 0.15) is 12.4 Å². The average Bonchev–Trinajstić information content (AvgIpc) is 2.77. The molecule has 6 heteroatoms. The Morgan fingerprint density at radius 3 is 2.94 bits per heavy atom. The van der Waals surface area contributed by atoms with E-state index in [9.17, 15) is 0 Å². The van der Waals surface area contributed by atoms with Crippen LogP contribution in [0.25, 0.3) is 0 Å². The van der Waals surface area contributed by atoms with Crippen LogP contribution in [0.1, 0.15) is 5.69 Å². The van der Waals surface area contributed by atoms with Crippen molar-refractivity contribution in [3.05, 3.63) is 40.6 Å². The van der Waals surface area contributed by atoms with Gasteiger partial charge in [-0.25, -0.2) is 4.68 Å². The van der Waals surface area contributed by atoms with Gasteiger partial charge in [-0.1, -0.05) is 43.1 Å². The molecule has 17 heavy (non-hydrogen) atoms. The molecule has 0 N–H and O–H groups in total. The summed E-state index contributed by atoms with van der Waals surface area (Å²) >= 11 is 6.73. The molecule has 0 aliphatic heterocycles. The van der Waals surface area contributed by atoms with Gasteiger partial charge in [0.05, 0.1) is 12.2 Å². The van der Waals surface area contributed by atoms with E-state index in [0.29, 0.717) is 13.2 Å². The fourth-order valence-corrected chi connectivity index (χ4v) is 1.96. The zero-order chi connectivity index (χ0) is 12.1. The van der Waals surface area contributed by atoms with Crippen LogP contribution in [0.5, 0.6) is 5.75 Å². The zero-order valence-electron chi connectivity index (χ0n) is 9.01. The van der Waals surface area contributed by atoms with Crippen molar-refractivity contribution in [3.8, 4) is 5.75 Å². The number of rotatable bonds is 5. The number of halogens is 2. The van der Waals surface area contributed by atoms with Gasteiger partial charge in [0.25, 0.3) is 0 Å². The van der Waals surface area contributed by atoms with Crippen molar-refractivity contribution < 1.29 is 4.74 Å². The Kier molecular flexibility index (Phi) is 4.56. The Labute approximate surface area is 116 Å². The summed E-state index contributed by atoms with van der Waals surface area (Å²) in [7, 11) is 0. The third-order valence-electron chi connectivity index (χ3n) is 2.11. The minimum absolute atomic E-state index is 0.571. The highest BCUT2D eigenvalue weighted by Crippen LogP contribution is 2.17. The van der Waals surface area contributed by atoms with Gasteiger partial charge in [-0.3, -0.25) is 0 Å². The lowest BCUT2D eigenvalue weighted by molar-refractivity contribution is 0.289. The van der Waals surface area contributed by atoms with Crippen LogP contribution in [0, 0.1) is 0 Å². The second kappa shape index (κ2) is 6.16. The minimum atomic E-state index is 0.571. The van der Waals surface area contributed by atoms with E-state index in [2.05, 4.69) is 42.2 Å². The third kappa shape index (κ3) is 3.81. The predicted molar refractivity (Wildman–Crippen MR) is 72.3 cm³/mol. The Bertz CT molecular complexity index is 487. The molecular formula is C11H11Br2N3O. The fraction of sp³-hybridized carbons (Fsp3) is 0.273. The number of benzene rings is 1. The highest BCUT2D eigenvalue weighted by atomic mass is 79.9. The lowest BCUT2D eigenvalue weighted by atomic mass is 10.3. The minimum Gasteiger partial charge on any atom is -0.492 e. The number of nitrogens with zero attached hydrogens (tertiary/aromatic N) is 3. The zero-order valence-corrected chi connectivity index (χ0v) is 12.2. The van der Waals surface area contributed by atoms with Crippen LogP contribution >= 0.6 is 31.9 Å². The molecule has 0 radical (unpaired) electrons. The van der Waals surface area contributed by atoms with Crippen molar-refractivity contribution in [1.29, 1.82) is 0 Å². The first-order valence-electron chi connectivity index (χ1n) is 5.11. The van der Waals surface area contributed by atoms with Gasteiger partial charge in [-0.05, 0) is 18.2 Å². The summed E-state index contributed by atoms with van der Waals surface area (Å²) in [6.07, 6.45) is 1.90. The molecule has 0 saturated carbocycles. The van der Waals surface area contributed by atoms with Gasteiger partial charge in [-0.2, -0.15) is 0 Å². The smallest absolute Gasteiger partial charge is 0.120 e. The van der Waals surface area contributed by atoms with Crippen LogP contribution in [0.15, 0.2) is 34.9 Å². The maximum Gasteiger partial charge on any atom is 0.120 e. The molecule has 1 heterocycles. The molecule has 4 nitrogen and oxygen atoms in total. The molecule has 0 amide bonds. The largest absolute Gasteiger partial charge is 0.492 e. The molecule has 0 saturated heterocycles. The van der Waals surface area contributed by atoms with Crippen LogP contribution in [-0.4, -0.2) is 21.6 Å². The highest BCUT2D eigenvalue weighted by Gasteiger charge is 1.99. The van der Waals surface area contributed by atoms with Crippen molar-refractivity contribution in [2.75, 3.05) is 6.61 Å². The molecule has 0 atom stereocenters. The topological polar surface area (TPSA) is 39.9 Å². The second-order valence-electron chi connectivity index (χ2n) is 3.41. The summed E-state index contributed by atoms with van der Waals surface area (Å²) in [5.74, 6) is 0.847. The first kappa shape index (κ1) is 12.6. The van der Waals surface area contributed by atoms with Crippen molar-refractivity contribution in [2.24, 2.45) is 0 Å². The molecule has 2 rings (SSSR count). The van der Waals surface area contributed by atoms with Gasteiger partial charge in [0.2, 0.25) is 0 Å². The Morgan fingerprint density at radius 2 is 2.24 bits per heavy atom. The molecule has 0 bridgehead atoms. The standard InChI is InChI=1S/C11H11Br2N3O/c12-7-10-8-16(15-14-10)4-5-17-11-3-1-2-9(13)6-11/h1-3,6,8H,4-5,7H2. The number of alkyl halides is 1. The van der Waals surface area contributed by atoms with E-state index in [-0.39, 0.29) is 0 Å². The number of aromatic nitrogens is 3. The average molecular weight is 361 g/mol. The van der Waals surface area contributed by atoms with Crippen molar-refractivity contribution in [2.45, 2.75) is 11.9 Å². The monoisotopic (exact) mass is 359 g/mol. The molecule has 0 aliphatic rings. The molecule has 0 aliphatic carbocycles. The number of hydrogen-bond acceptors (Lipinski definition) is 3. The van der Waals surface area contributed by atoms with Gasteiger partial charge in [0, 0.05) is 16.0 Å². The van der Waals surface area contributed by atoms with Gasteiger partial charge in [-0.15, -0.1) is 5.10 Å². The lowest BCUT2D eigenvalue weighted by Gasteiger charge is -2.05. The number of ether oxygens (including phenoxy) is 1. The van der Waals surface area contributed by atoms with Crippen molar-refractivity contribution in [1.82, 2.24) is 15.0 Å². The van der Waals surface area contributed by atoms with Gasteiger partial charge < -0.3 is 4.74 Å². The molecule has 0 unspecified atom stereocenters. The summed E-state index contributed by atoms with van der Waals surface area (Å²) < 4.78 is 8.39. The van der Waals surface area contributed by atoms with E-state index < -0.39 is 0 Å². The third-order valence-corrected chi connectivity index (χ3v) is 3.18. The van der Waals surface area contributed by atoms with Crippen LogP contribution in [0.4, 0.5) is 0 Å². The van der Waals surface area contributed by atoms with E-state index in [4.69, 9.17) is 4.74 Å². The Balaban J connectivity index is 1.83. The van der Waals surface area contributed by atoms with E-state index in [1.165, 1.54) is 0 Å². The Hall–Kier alpha value is -0.880. The summed E-state index contributed by atoms with van der Waals surface area (Å²) in [6, 6.07) is 7.77. The second-order valence-corrected chi connectivity index (χ2v) is 4.89.